The summed E-state index contributed by atoms with van der Waals surface area (Å²) in [6.45, 7) is 3.89. The summed E-state index contributed by atoms with van der Waals surface area (Å²) in [6, 6.07) is 11.2. The minimum absolute atomic E-state index is 0.143. The molecule has 0 spiro atoms. The van der Waals surface area contributed by atoms with Gasteiger partial charge in [-0.15, -0.1) is 0 Å². The van der Waals surface area contributed by atoms with Crippen LogP contribution in [-0.2, 0) is 11.8 Å². The topological polar surface area (TPSA) is 76.0 Å². The molecular formula is C20H20N4O2. The van der Waals surface area contributed by atoms with Crippen molar-refractivity contribution in [2.24, 2.45) is 7.05 Å². The Morgan fingerprint density at radius 3 is 2.62 bits per heavy atom. The molecule has 2 N–H and O–H groups in total. The Hall–Kier alpha value is -3.41. The van der Waals surface area contributed by atoms with E-state index in [1.807, 2.05) is 44.2 Å². The van der Waals surface area contributed by atoms with Crippen LogP contribution in [0.1, 0.15) is 11.1 Å². The largest absolute Gasteiger partial charge is 0.336 e. The maximum Gasteiger partial charge on any atom is 0.274 e. The van der Waals surface area contributed by atoms with E-state index < -0.39 is 0 Å². The molecule has 0 bridgehead atoms. The smallest absolute Gasteiger partial charge is 0.274 e. The van der Waals surface area contributed by atoms with Crippen LogP contribution >= 0.6 is 0 Å². The van der Waals surface area contributed by atoms with Gasteiger partial charge < -0.3 is 15.2 Å². The number of aromatic nitrogens is 2. The maximum atomic E-state index is 12.5. The molecule has 2 aromatic heterocycles. The fraction of sp³-hybridized carbons (Fsp3) is 0.150. The van der Waals surface area contributed by atoms with Crippen molar-refractivity contribution in [1.82, 2.24) is 9.55 Å². The van der Waals surface area contributed by atoms with Crippen LogP contribution in [0.4, 0.5) is 17.2 Å². The Bertz CT molecular complexity index is 1010. The molecule has 0 unspecified atom stereocenters. The van der Waals surface area contributed by atoms with Crippen molar-refractivity contribution < 1.29 is 4.79 Å². The number of nitrogens with zero attached hydrogens (tertiary/aromatic N) is 2. The highest BCUT2D eigenvalue weighted by Gasteiger charge is 2.11. The molecule has 0 saturated heterocycles. The zero-order valence-corrected chi connectivity index (χ0v) is 14.9. The maximum absolute atomic E-state index is 12.5. The number of pyridine rings is 2. The number of aryl methyl sites for hydroxylation is 2. The Morgan fingerprint density at radius 2 is 1.92 bits per heavy atom. The minimum Gasteiger partial charge on any atom is -0.336 e. The average molecular weight is 348 g/mol. The number of nitrogens with one attached hydrogen (secondary N) is 2. The van der Waals surface area contributed by atoms with Crippen LogP contribution in [0.2, 0.25) is 0 Å². The van der Waals surface area contributed by atoms with Crippen LogP contribution in [0, 0.1) is 13.8 Å². The number of anilines is 3. The van der Waals surface area contributed by atoms with E-state index in [4.69, 9.17) is 0 Å². The summed E-state index contributed by atoms with van der Waals surface area (Å²) >= 11 is 0. The predicted octanol–water partition coefficient (Wildman–Crippen LogP) is 3.38. The molecule has 1 amide bonds. The highest BCUT2D eigenvalue weighted by molar-refractivity contribution is 5.81. The van der Waals surface area contributed by atoms with Crippen LogP contribution in [-0.4, -0.2) is 16.0 Å². The Kier molecular flexibility index (Phi) is 4.84. The standard InChI is InChI=1S/C20H20N4O2/c1-13-7-8-19(21-10-13)23-18-9-15(11-24(3)20(18)26)16-5-4-6-17(14(16)2)22-12-25/h4-12H,1-3H3,(H,21,23)(H,22,25). The molecule has 3 aromatic rings. The van der Waals surface area contributed by atoms with Gasteiger partial charge in [-0.25, -0.2) is 4.98 Å². The van der Waals surface area contributed by atoms with Crippen LogP contribution in [0.25, 0.3) is 11.1 Å². The molecule has 0 radical (unpaired) electrons. The first kappa shape index (κ1) is 17.4. The third kappa shape index (κ3) is 3.49. The molecule has 0 aliphatic heterocycles. The molecule has 0 saturated carbocycles. The van der Waals surface area contributed by atoms with Crippen LogP contribution in [0.3, 0.4) is 0 Å². The SMILES string of the molecule is Cc1ccc(Nc2cc(-c3cccc(NC=O)c3C)cn(C)c2=O)nc1. The monoisotopic (exact) mass is 348 g/mol. The summed E-state index contributed by atoms with van der Waals surface area (Å²) in [5.74, 6) is 0.609. The van der Waals surface area contributed by atoms with Crippen molar-refractivity contribution in [3.63, 3.8) is 0 Å². The van der Waals surface area contributed by atoms with E-state index in [1.54, 1.807) is 25.5 Å². The first-order valence-electron chi connectivity index (χ1n) is 8.20. The quantitative estimate of drug-likeness (QED) is 0.693. The van der Waals surface area contributed by atoms with Gasteiger partial charge in [-0.1, -0.05) is 18.2 Å². The van der Waals surface area contributed by atoms with Gasteiger partial charge in [0.25, 0.3) is 5.56 Å². The molecule has 132 valence electrons. The molecule has 0 fully saturated rings. The Balaban J connectivity index is 2.06. The lowest BCUT2D eigenvalue weighted by Gasteiger charge is -2.14. The number of hydrogen-bond donors (Lipinski definition) is 2. The summed E-state index contributed by atoms with van der Waals surface area (Å²) in [5, 5.41) is 5.79. The predicted molar refractivity (Wildman–Crippen MR) is 104 cm³/mol. The Labute approximate surface area is 151 Å². The summed E-state index contributed by atoms with van der Waals surface area (Å²) in [7, 11) is 1.71. The highest BCUT2D eigenvalue weighted by Crippen LogP contribution is 2.29. The minimum atomic E-state index is -0.143. The van der Waals surface area contributed by atoms with E-state index in [-0.39, 0.29) is 5.56 Å². The Morgan fingerprint density at radius 1 is 1.12 bits per heavy atom. The van der Waals surface area contributed by atoms with E-state index in [2.05, 4.69) is 15.6 Å². The van der Waals surface area contributed by atoms with Crippen molar-refractivity contribution in [3.05, 3.63) is 70.3 Å². The summed E-state index contributed by atoms with van der Waals surface area (Å²) in [4.78, 5) is 27.6. The van der Waals surface area contributed by atoms with Crippen LogP contribution < -0.4 is 16.2 Å². The van der Waals surface area contributed by atoms with Gasteiger partial charge in [0.2, 0.25) is 6.41 Å². The number of amides is 1. The number of carbonyl (C=O) groups excluding carboxylic acids is 1. The molecule has 6 nitrogen and oxygen atoms in total. The number of rotatable bonds is 5. The van der Waals surface area contributed by atoms with Crippen LogP contribution in [0.5, 0.6) is 0 Å². The van der Waals surface area contributed by atoms with Gasteiger partial charge in [0.15, 0.2) is 0 Å². The third-order valence-corrected chi connectivity index (χ3v) is 4.22. The summed E-state index contributed by atoms with van der Waals surface area (Å²) < 4.78 is 1.53. The molecule has 1 aromatic carbocycles. The third-order valence-electron chi connectivity index (χ3n) is 4.22. The van der Waals surface area contributed by atoms with E-state index >= 15 is 0 Å². The molecule has 2 heterocycles. The van der Waals surface area contributed by atoms with Gasteiger partial charge in [0.1, 0.15) is 11.5 Å². The van der Waals surface area contributed by atoms with Gasteiger partial charge >= 0.3 is 0 Å². The number of benzene rings is 1. The average Bonchev–Trinajstić information content (AvgIpc) is 2.62. The molecule has 3 rings (SSSR count). The van der Waals surface area contributed by atoms with E-state index in [0.717, 1.165) is 27.9 Å². The fourth-order valence-electron chi connectivity index (χ4n) is 2.80. The van der Waals surface area contributed by atoms with Crippen molar-refractivity contribution in [3.8, 4) is 11.1 Å². The number of hydrogen-bond acceptors (Lipinski definition) is 4. The zero-order chi connectivity index (χ0) is 18.7. The zero-order valence-electron chi connectivity index (χ0n) is 14.9. The normalized spacial score (nSPS) is 10.4. The second kappa shape index (κ2) is 7.23. The number of carbonyl (C=O) groups is 1. The molecule has 26 heavy (non-hydrogen) atoms. The lowest BCUT2D eigenvalue weighted by Crippen LogP contribution is -2.19. The van der Waals surface area contributed by atoms with E-state index in [1.165, 1.54) is 4.57 Å². The van der Waals surface area contributed by atoms with E-state index in [0.29, 0.717) is 17.9 Å². The molecule has 6 heteroatoms. The van der Waals surface area contributed by atoms with Crippen molar-refractivity contribution in [2.75, 3.05) is 10.6 Å². The molecular weight excluding hydrogens is 328 g/mol. The molecule has 0 aliphatic rings. The van der Waals surface area contributed by atoms with Gasteiger partial charge in [-0.05, 0) is 48.7 Å². The van der Waals surface area contributed by atoms with Gasteiger partial charge in [-0.3, -0.25) is 9.59 Å². The lowest BCUT2D eigenvalue weighted by atomic mass is 10.00. The molecule has 0 atom stereocenters. The second-order valence-electron chi connectivity index (χ2n) is 6.14. The van der Waals surface area contributed by atoms with Crippen molar-refractivity contribution >= 4 is 23.6 Å². The molecule has 0 aliphatic carbocycles. The highest BCUT2D eigenvalue weighted by atomic mass is 16.1. The van der Waals surface area contributed by atoms with Crippen molar-refractivity contribution in [2.45, 2.75) is 13.8 Å². The van der Waals surface area contributed by atoms with Crippen molar-refractivity contribution in [1.29, 1.82) is 0 Å². The van der Waals surface area contributed by atoms with Gasteiger partial charge in [0, 0.05) is 30.7 Å². The summed E-state index contributed by atoms with van der Waals surface area (Å²) in [5.41, 5.74) is 4.82. The first-order chi connectivity index (χ1) is 12.5. The van der Waals surface area contributed by atoms with Gasteiger partial charge in [-0.2, -0.15) is 0 Å². The van der Waals surface area contributed by atoms with E-state index in [9.17, 15) is 9.59 Å². The summed E-state index contributed by atoms with van der Waals surface area (Å²) in [6.07, 6.45) is 4.18. The second-order valence-corrected chi connectivity index (χ2v) is 6.14. The van der Waals surface area contributed by atoms with Crippen LogP contribution in [0.15, 0.2) is 53.6 Å². The fourth-order valence-corrected chi connectivity index (χ4v) is 2.80. The van der Waals surface area contributed by atoms with Gasteiger partial charge in [0.05, 0.1) is 0 Å². The lowest BCUT2D eigenvalue weighted by molar-refractivity contribution is -0.105. The first-order valence-corrected chi connectivity index (χ1v) is 8.20.